The van der Waals surface area contributed by atoms with Crippen LogP contribution in [0.1, 0.15) is 80.1 Å². The Morgan fingerprint density at radius 2 is 1.87 bits per heavy atom. The first-order valence-electron chi connectivity index (χ1n) is 10.9. The Kier molecular flexibility index (Phi) is 7.39. The molecule has 1 unspecified atom stereocenters. The minimum absolute atomic E-state index is 0.259. The number of aromatic carboxylic acids is 1. The minimum atomic E-state index is -0.917. The Balaban J connectivity index is 1.91. The summed E-state index contributed by atoms with van der Waals surface area (Å²) in [6.45, 7) is 6.48. The van der Waals surface area contributed by atoms with Crippen LogP contribution in [-0.2, 0) is 12.8 Å². The largest absolute Gasteiger partial charge is 0.478 e. The maximum atomic E-state index is 11.9. The third-order valence-corrected chi connectivity index (χ3v) is 5.52. The number of unbranched alkanes of at least 4 members (excludes halogenated alkanes) is 2. The molecule has 0 saturated carbocycles. The quantitative estimate of drug-likeness (QED) is 0.424. The van der Waals surface area contributed by atoms with Gasteiger partial charge >= 0.3 is 5.97 Å². The predicted octanol–water partition coefficient (Wildman–Crippen LogP) is 5.94. The summed E-state index contributed by atoms with van der Waals surface area (Å²) < 4.78 is 2.02. The van der Waals surface area contributed by atoms with E-state index in [0.717, 1.165) is 47.6 Å². The summed E-state index contributed by atoms with van der Waals surface area (Å²) in [5, 5.41) is 14.6. The molecule has 0 saturated heterocycles. The van der Waals surface area contributed by atoms with Gasteiger partial charge in [0.15, 0.2) is 5.82 Å². The summed E-state index contributed by atoms with van der Waals surface area (Å²) in [6.07, 6.45) is 5.87. The van der Waals surface area contributed by atoms with Crippen molar-refractivity contribution >= 4 is 5.97 Å². The Morgan fingerprint density at radius 1 is 1.10 bits per heavy atom. The van der Waals surface area contributed by atoms with Crippen LogP contribution in [0.15, 0.2) is 48.5 Å². The van der Waals surface area contributed by atoms with Crippen LogP contribution >= 0.6 is 0 Å². The molecule has 3 aromatic rings. The van der Waals surface area contributed by atoms with Crippen molar-refractivity contribution in [3.8, 4) is 11.1 Å². The van der Waals surface area contributed by atoms with Crippen molar-refractivity contribution in [1.29, 1.82) is 0 Å². The van der Waals surface area contributed by atoms with Crippen molar-refractivity contribution in [2.24, 2.45) is 0 Å². The van der Waals surface area contributed by atoms with Gasteiger partial charge in [0.2, 0.25) is 0 Å². The number of carboxylic acid groups (broad SMARTS) is 1. The van der Waals surface area contributed by atoms with E-state index in [1.54, 1.807) is 6.07 Å². The van der Waals surface area contributed by atoms with Crippen molar-refractivity contribution in [1.82, 2.24) is 14.8 Å². The molecule has 0 aliphatic rings. The van der Waals surface area contributed by atoms with Crippen molar-refractivity contribution in [2.75, 3.05) is 0 Å². The maximum absolute atomic E-state index is 11.9. The highest BCUT2D eigenvalue weighted by atomic mass is 16.4. The number of hydrogen-bond donors (Lipinski definition) is 1. The number of aryl methyl sites for hydroxylation is 1. The van der Waals surface area contributed by atoms with E-state index in [2.05, 4.69) is 20.8 Å². The summed E-state index contributed by atoms with van der Waals surface area (Å²) in [4.78, 5) is 16.7. The van der Waals surface area contributed by atoms with Gasteiger partial charge in [0, 0.05) is 12.8 Å². The van der Waals surface area contributed by atoms with E-state index in [1.165, 1.54) is 12.8 Å². The molecule has 1 aromatic heterocycles. The molecule has 0 amide bonds. The highest BCUT2D eigenvalue weighted by Gasteiger charge is 2.17. The average molecular weight is 406 g/mol. The lowest BCUT2D eigenvalue weighted by molar-refractivity contribution is 0.0697. The smallest absolute Gasteiger partial charge is 0.336 e. The Labute approximate surface area is 178 Å². The molecule has 5 nitrogen and oxygen atoms in total. The monoisotopic (exact) mass is 405 g/mol. The Hall–Kier alpha value is -2.95. The fourth-order valence-electron chi connectivity index (χ4n) is 3.62. The molecule has 158 valence electrons. The van der Waals surface area contributed by atoms with Gasteiger partial charge in [0.05, 0.1) is 11.6 Å². The molecule has 0 bridgehead atoms. The van der Waals surface area contributed by atoms with E-state index in [9.17, 15) is 9.90 Å². The molecule has 1 N–H and O–H groups in total. The normalized spacial score (nSPS) is 12.1. The Bertz CT molecular complexity index is 979. The number of aromatic nitrogens is 3. The highest BCUT2D eigenvalue weighted by Crippen LogP contribution is 2.26. The molecule has 0 radical (unpaired) electrons. The van der Waals surface area contributed by atoms with Gasteiger partial charge in [-0.1, -0.05) is 69.2 Å². The summed E-state index contributed by atoms with van der Waals surface area (Å²) in [6, 6.07) is 15.6. The molecule has 5 heteroatoms. The second-order valence-electron chi connectivity index (χ2n) is 7.83. The average Bonchev–Trinajstić information content (AvgIpc) is 3.16. The Morgan fingerprint density at radius 3 is 2.53 bits per heavy atom. The van der Waals surface area contributed by atoms with Crippen molar-refractivity contribution in [3.63, 3.8) is 0 Å². The second kappa shape index (κ2) is 10.2. The van der Waals surface area contributed by atoms with Gasteiger partial charge in [0.25, 0.3) is 0 Å². The van der Waals surface area contributed by atoms with Crippen molar-refractivity contribution in [3.05, 3.63) is 71.3 Å². The highest BCUT2D eigenvalue weighted by molar-refractivity contribution is 5.96. The van der Waals surface area contributed by atoms with E-state index in [1.807, 2.05) is 47.1 Å². The number of rotatable bonds is 10. The minimum Gasteiger partial charge on any atom is -0.478 e. The maximum Gasteiger partial charge on any atom is 0.336 e. The zero-order valence-corrected chi connectivity index (χ0v) is 18.1. The third-order valence-electron chi connectivity index (χ3n) is 5.52. The first-order valence-corrected chi connectivity index (χ1v) is 10.9. The van der Waals surface area contributed by atoms with Gasteiger partial charge in [-0.25, -0.2) is 14.5 Å². The molecule has 1 atom stereocenters. The number of nitrogens with zero attached hydrogens (tertiary/aromatic N) is 3. The van der Waals surface area contributed by atoms with E-state index in [4.69, 9.17) is 10.1 Å². The van der Waals surface area contributed by atoms with Gasteiger partial charge in [-0.15, -0.1) is 0 Å². The SMILES string of the molecule is CCCCCc1nc(Cc2ccc(-c3ccccc3)c(C(=O)O)c2)n(C(C)CC)n1. The molecule has 0 spiro atoms. The molecule has 30 heavy (non-hydrogen) atoms. The van der Waals surface area contributed by atoms with Crippen LogP contribution in [0.5, 0.6) is 0 Å². The molecule has 1 heterocycles. The van der Waals surface area contributed by atoms with Gasteiger partial charge in [-0.3, -0.25) is 0 Å². The zero-order chi connectivity index (χ0) is 21.5. The second-order valence-corrected chi connectivity index (χ2v) is 7.83. The molecule has 3 rings (SSSR count). The molecule has 0 aliphatic heterocycles. The summed E-state index contributed by atoms with van der Waals surface area (Å²) in [7, 11) is 0. The third kappa shape index (κ3) is 5.15. The van der Waals surface area contributed by atoms with Crippen LogP contribution in [0.4, 0.5) is 0 Å². The lowest BCUT2D eigenvalue weighted by Gasteiger charge is -2.13. The van der Waals surface area contributed by atoms with Crippen molar-refractivity contribution in [2.45, 2.75) is 65.3 Å². The number of carboxylic acids is 1. The van der Waals surface area contributed by atoms with Gasteiger partial charge in [-0.2, -0.15) is 5.10 Å². The topological polar surface area (TPSA) is 68.0 Å². The summed E-state index contributed by atoms with van der Waals surface area (Å²) in [5.41, 5.74) is 2.89. The van der Waals surface area contributed by atoms with Crippen LogP contribution in [0.25, 0.3) is 11.1 Å². The van der Waals surface area contributed by atoms with Gasteiger partial charge in [0.1, 0.15) is 5.82 Å². The number of carbonyl (C=O) groups is 1. The molecule has 0 aliphatic carbocycles. The predicted molar refractivity (Wildman–Crippen MR) is 120 cm³/mol. The van der Waals surface area contributed by atoms with Crippen LogP contribution in [0.2, 0.25) is 0 Å². The fraction of sp³-hybridized carbons (Fsp3) is 0.400. The van der Waals surface area contributed by atoms with Crippen LogP contribution in [-0.4, -0.2) is 25.8 Å². The van der Waals surface area contributed by atoms with Gasteiger partial charge < -0.3 is 5.11 Å². The summed E-state index contributed by atoms with van der Waals surface area (Å²) in [5.74, 6) is 0.872. The van der Waals surface area contributed by atoms with Gasteiger partial charge in [-0.05, 0) is 42.5 Å². The van der Waals surface area contributed by atoms with E-state index in [0.29, 0.717) is 12.0 Å². The lowest BCUT2D eigenvalue weighted by Crippen LogP contribution is -2.11. The fourth-order valence-corrected chi connectivity index (χ4v) is 3.62. The first kappa shape index (κ1) is 21.8. The standard InChI is InChI=1S/C25H31N3O2/c1-4-6-8-13-23-26-24(28(27-23)18(3)5-2)17-19-14-15-21(22(16-19)25(29)30)20-11-9-7-10-12-20/h7,9-12,14-16,18H,4-6,8,13,17H2,1-3H3,(H,29,30). The number of hydrogen-bond acceptors (Lipinski definition) is 3. The van der Waals surface area contributed by atoms with E-state index >= 15 is 0 Å². The zero-order valence-electron chi connectivity index (χ0n) is 18.1. The molecule has 0 fully saturated rings. The number of benzene rings is 2. The first-order chi connectivity index (χ1) is 14.5. The van der Waals surface area contributed by atoms with Crippen LogP contribution in [0, 0.1) is 0 Å². The summed E-state index contributed by atoms with van der Waals surface area (Å²) >= 11 is 0. The molecule has 2 aromatic carbocycles. The van der Waals surface area contributed by atoms with Crippen molar-refractivity contribution < 1.29 is 9.90 Å². The van der Waals surface area contributed by atoms with Crippen LogP contribution < -0.4 is 0 Å². The molecular weight excluding hydrogens is 374 g/mol. The van der Waals surface area contributed by atoms with Crippen LogP contribution in [0.3, 0.4) is 0 Å². The lowest BCUT2D eigenvalue weighted by atomic mass is 9.96. The van der Waals surface area contributed by atoms with E-state index in [-0.39, 0.29) is 6.04 Å². The molecular formula is C25H31N3O2. The van der Waals surface area contributed by atoms with E-state index < -0.39 is 5.97 Å².